The molecule has 0 radical (unpaired) electrons. The largest absolute Gasteiger partial charge is 0.385 e. The van der Waals surface area contributed by atoms with Gasteiger partial charge in [0.25, 0.3) is 5.92 Å². The summed E-state index contributed by atoms with van der Waals surface area (Å²) in [6, 6.07) is 0. The zero-order valence-electron chi connectivity index (χ0n) is 6.76. The van der Waals surface area contributed by atoms with Crippen LogP contribution in [0.1, 0.15) is 13.3 Å². The molecule has 1 fully saturated rings. The second-order valence-corrected chi connectivity index (χ2v) is 2.99. The van der Waals surface area contributed by atoms with Crippen molar-refractivity contribution in [1.82, 2.24) is 4.90 Å². The normalized spacial score (nSPS) is 28.7. The van der Waals surface area contributed by atoms with Crippen molar-refractivity contribution in [2.75, 3.05) is 13.1 Å². The van der Waals surface area contributed by atoms with Crippen LogP contribution < -0.4 is 0 Å². The Kier molecular flexibility index (Phi) is 2.32. The Morgan fingerprint density at radius 2 is 2.25 bits per heavy atom. The number of hydrogen-bond donors (Lipinski definition) is 1. The molecule has 5 heteroatoms. The van der Waals surface area contributed by atoms with Crippen molar-refractivity contribution in [2.45, 2.75) is 25.4 Å². The quantitative estimate of drug-likeness (QED) is 0.578. The number of nitrogens with zero attached hydrogens (tertiary/aromatic N) is 1. The van der Waals surface area contributed by atoms with Gasteiger partial charge in [0, 0.05) is 19.9 Å². The van der Waals surface area contributed by atoms with E-state index in [0.29, 0.717) is 0 Å². The molecule has 0 aliphatic carbocycles. The lowest BCUT2D eigenvalue weighted by molar-refractivity contribution is -0.160. The molecular weight excluding hydrogens is 168 g/mol. The second kappa shape index (κ2) is 2.97. The third-order valence-electron chi connectivity index (χ3n) is 2.04. The monoisotopic (exact) mass is 179 g/mol. The van der Waals surface area contributed by atoms with E-state index < -0.39 is 18.4 Å². The van der Waals surface area contributed by atoms with E-state index in [9.17, 15) is 13.6 Å². The highest BCUT2D eigenvalue weighted by atomic mass is 19.3. The number of carbonyl (C=O) groups is 1. The summed E-state index contributed by atoms with van der Waals surface area (Å²) in [5, 5.41) is 8.91. The van der Waals surface area contributed by atoms with Gasteiger partial charge in [-0.25, -0.2) is 8.78 Å². The van der Waals surface area contributed by atoms with Gasteiger partial charge in [-0.1, -0.05) is 0 Å². The zero-order chi connectivity index (χ0) is 9.35. The summed E-state index contributed by atoms with van der Waals surface area (Å²) in [6.45, 7) is 1.07. The van der Waals surface area contributed by atoms with Crippen LogP contribution in [-0.2, 0) is 4.79 Å². The predicted octanol–water partition coefficient (Wildman–Crippen LogP) is 0.235. The minimum Gasteiger partial charge on any atom is -0.385 e. The van der Waals surface area contributed by atoms with Crippen molar-refractivity contribution in [3.8, 4) is 0 Å². The molecule has 1 atom stereocenters. The van der Waals surface area contributed by atoms with Crippen molar-refractivity contribution in [3.63, 3.8) is 0 Å². The lowest BCUT2D eigenvalue weighted by atomic mass is 10.0. The molecule has 1 aliphatic heterocycles. The van der Waals surface area contributed by atoms with Gasteiger partial charge in [0.1, 0.15) is 6.10 Å². The molecule has 0 unspecified atom stereocenters. The summed E-state index contributed by atoms with van der Waals surface area (Å²) in [5.41, 5.74) is 0. The first kappa shape index (κ1) is 9.38. The van der Waals surface area contributed by atoms with Gasteiger partial charge in [-0.15, -0.1) is 0 Å². The Hall–Kier alpha value is -0.710. The van der Waals surface area contributed by atoms with E-state index in [4.69, 9.17) is 5.11 Å². The minimum atomic E-state index is -3.04. The average Bonchev–Trinajstić information content (AvgIpc) is 1.94. The Bertz CT molecular complexity index is 196. The number of halogens is 2. The van der Waals surface area contributed by atoms with Crippen LogP contribution in [0.4, 0.5) is 8.78 Å². The van der Waals surface area contributed by atoms with Crippen molar-refractivity contribution in [1.29, 1.82) is 0 Å². The summed E-state index contributed by atoms with van der Waals surface area (Å²) in [4.78, 5) is 11.9. The van der Waals surface area contributed by atoms with Gasteiger partial charge in [0.2, 0.25) is 5.91 Å². The lowest BCUT2D eigenvalue weighted by Crippen LogP contribution is -2.51. The number of rotatable bonds is 0. The maximum Gasteiger partial charge on any atom is 0.276 e. The number of alkyl halides is 2. The molecule has 0 saturated carbocycles. The summed E-state index contributed by atoms with van der Waals surface area (Å²) < 4.78 is 25.3. The summed E-state index contributed by atoms with van der Waals surface area (Å²) in [5.74, 6) is -3.31. The zero-order valence-corrected chi connectivity index (χ0v) is 6.76. The van der Waals surface area contributed by atoms with E-state index in [-0.39, 0.29) is 19.0 Å². The maximum atomic E-state index is 12.6. The van der Waals surface area contributed by atoms with Gasteiger partial charge >= 0.3 is 0 Å². The molecule has 1 N–H and O–H groups in total. The molecule has 1 amide bonds. The van der Waals surface area contributed by atoms with E-state index in [1.807, 2.05) is 0 Å². The van der Waals surface area contributed by atoms with Crippen LogP contribution in [0.3, 0.4) is 0 Å². The van der Waals surface area contributed by atoms with Crippen LogP contribution in [0.15, 0.2) is 0 Å². The minimum absolute atomic E-state index is 0.0272. The third-order valence-corrected chi connectivity index (χ3v) is 2.04. The van der Waals surface area contributed by atoms with Crippen molar-refractivity contribution < 1.29 is 18.7 Å². The highest BCUT2D eigenvalue weighted by molar-refractivity contribution is 5.73. The Morgan fingerprint density at radius 1 is 1.67 bits per heavy atom. The number of β-amino-alcohol motifs (C(OH)–C–C–N with tert-alkyl or cyclic N) is 1. The predicted molar refractivity (Wildman–Crippen MR) is 37.8 cm³/mol. The first-order valence-corrected chi connectivity index (χ1v) is 3.75. The number of amides is 1. The third kappa shape index (κ3) is 1.72. The van der Waals surface area contributed by atoms with Crippen molar-refractivity contribution in [3.05, 3.63) is 0 Å². The van der Waals surface area contributed by atoms with Crippen LogP contribution in [0, 0.1) is 0 Å². The van der Waals surface area contributed by atoms with E-state index in [1.165, 1.54) is 11.8 Å². The van der Waals surface area contributed by atoms with Gasteiger partial charge in [0.05, 0.1) is 6.54 Å². The standard InChI is InChI=1S/C7H11F2NO2/c1-5(11)10-3-2-7(8,9)6(12)4-10/h6,12H,2-4H2,1H3/t6-/m0/s1. The topological polar surface area (TPSA) is 40.5 Å². The molecule has 0 aromatic heterocycles. The number of piperidine rings is 1. The Labute approximate surface area is 69.0 Å². The fraction of sp³-hybridized carbons (Fsp3) is 0.857. The van der Waals surface area contributed by atoms with Crippen LogP contribution >= 0.6 is 0 Å². The number of aliphatic hydroxyl groups is 1. The molecule has 0 spiro atoms. The van der Waals surface area contributed by atoms with Crippen LogP contribution in [0.25, 0.3) is 0 Å². The Morgan fingerprint density at radius 3 is 2.67 bits per heavy atom. The number of hydrogen-bond acceptors (Lipinski definition) is 2. The van der Waals surface area contributed by atoms with Gasteiger partial charge < -0.3 is 10.0 Å². The van der Waals surface area contributed by atoms with Gasteiger partial charge in [-0.2, -0.15) is 0 Å². The first-order chi connectivity index (χ1) is 5.43. The molecule has 12 heavy (non-hydrogen) atoms. The summed E-state index contributed by atoms with van der Waals surface area (Å²) >= 11 is 0. The molecule has 1 aliphatic rings. The molecule has 1 rings (SSSR count). The summed E-state index contributed by atoms with van der Waals surface area (Å²) in [6.07, 6.45) is -2.16. The molecule has 0 bridgehead atoms. The van der Waals surface area contributed by atoms with Gasteiger partial charge in [-0.3, -0.25) is 4.79 Å². The highest BCUT2D eigenvalue weighted by Gasteiger charge is 2.43. The highest BCUT2D eigenvalue weighted by Crippen LogP contribution is 2.27. The molecule has 1 heterocycles. The number of likely N-dealkylation sites (tertiary alicyclic amines) is 1. The smallest absolute Gasteiger partial charge is 0.276 e. The van der Waals surface area contributed by atoms with Crippen LogP contribution in [-0.4, -0.2) is 41.0 Å². The van der Waals surface area contributed by atoms with E-state index >= 15 is 0 Å². The molecular formula is C7H11F2NO2. The number of aliphatic hydroxyl groups excluding tert-OH is 1. The van der Waals surface area contributed by atoms with Crippen molar-refractivity contribution >= 4 is 5.91 Å². The van der Waals surface area contributed by atoms with E-state index in [1.54, 1.807) is 0 Å². The van der Waals surface area contributed by atoms with Crippen LogP contribution in [0.2, 0.25) is 0 Å². The molecule has 70 valence electrons. The SMILES string of the molecule is CC(=O)N1CCC(F)(F)[C@@H](O)C1. The first-order valence-electron chi connectivity index (χ1n) is 3.75. The van der Waals surface area contributed by atoms with E-state index in [0.717, 1.165) is 0 Å². The lowest BCUT2D eigenvalue weighted by Gasteiger charge is -2.34. The molecule has 3 nitrogen and oxygen atoms in total. The van der Waals surface area contributed by atoms with E-state index in [2.05, 4.69) is 0 Å². The maximum absolute atomic E-state index is 12.6. The second-order valence-electron chi connectivity index (χ2n) is 2.99. The average molecular weight is 179 g/mol. The van der Waals surface area contributed by atoms with Gasteiger partial charge in [-0.05, 0) is 0 Å². The fourth-order valence-electron chi connectivity index (χ4n) is 1.17. The number of carbonyl (C=O) groups excluding carboxylic acids is 1. The van der Waals surface area contributed by atoms with Crippen LogP contribution in [0.5, 0.6) is 0 Å². The fourth-order valence-corrected chi connectivity index (χ4v) is 1.17. The molecule has 1 saturated heterocycles. The Balaban J connectivity index is 2.58. The summed E-state index contributed by atoms with van der Waals surface area (Å²) in [7, 11) is 0. The molecule has 0 aromatic rings. The van der Waals surface area contributed by atoms with Gasteiger partial charge in [0.15, 0.2) is 0 Å². The molecule has 0 aromatic carbocycles. The van der Waals surface area contributed by atoms with Crippen molar-refractivity contribution in [2.24, 2.45) is 0 Å².